The van der Waals surface area contributed by atoms with E-state index in [4.69, 9.17) is 23.2 Å². The van der Waals surface area contributed by atoms with E-state index in [0.717, 1.165) is 6.26 Å². The van der Waals surface area contributed by atoms with Crippen LogP contribution in [-0.4, -0.2) is 31.1 Å². The molecule has 1 aromatic carbocycles. The minimum Gasteiger partial charge on any atom is -0.391 e. The van der Waals surface area contributed by atoms with Gasteiger partial charge in [-0.3, -0.25) is 0 Å². The third-order valence-electron chi connectivity index (χ3n) is 2.65. The molecule has 0 saturated heterocycles. The zero-order valence-corrected chi connectivity index (χ0v) is 11.9. The molecule has 1 rings (SSSR count). The van der Waals surface area contributed by atoms with Crippen LogP contribution in [0.4, 0.5) is 0 Å². The van der Waals surface area contributed by atoms with Crippen LogP contribution in [0.2, 0.25) is 10.0 Å². The van der Waals surface area contributed by atoms with Crippen molar-refractivity contribution in [3.05, 3.63) is 33.8 Å². The van der Waals surface area contributed by atoms with E-state index in [2.05, 4.69) is 0 Å². The number of rotatable bonds is 4. The van der Waals surface area contributed by atoms with Gasteiger partial charge in [0.25, 0.3) is 0 Å². The van der Waals surface area contributed by atoms with E-state index in [-0.39, 0.29) is 6.42 Å². The van der Waals surface area contributed by atoms with Gasteiger partial charge in [0.2, 0.25) is 0 Å². The van der Waals surface area contributed by atoms with Gasteiger partial charge >= 0.3 is 0 Å². The van der Waals surface area contributed by atoms with Gasteiger partial charge in [0.1, 0.15) is 0 Å². The molecule has 6 heteroatoms. The van der Waals surface area contributed by atoms with Crippen molar-refractivity contribution in [1.82, 2.24) is 0 Å². The Morgan fingerprint density at radius 1 is 1.35 bits per heavy atom. The second kappa shape index (κ2) is 5.57. The van der Waals surface area contributed by atoms with Crippen molar-refractivity contribution in [2.24, 2.45) is 0 Å². The van der Waals surface area contributed by atoms with Crippen LogP contribution >= 0.6 is 23.2 Å². The van der Waals surface area contributed by atoms with Gasteiger partial charge in [0.15, 0.2) is 9.84 Å². The molecule has 3 nitrogen and oxygen atoms in total. The molecule has 0 radical (unpaired) electrons. The first-order valence-electron chi connectivity index (χ1n) is 5.02. The Hall–Kier alpha value is -0.290. The third kappa shape index (κ3) is 4.14. The quantitative estimate of drug-likeness (QED) is 0.928. The smallest absolute Gasteiger partial charge is 0.152 e. The first-order chi connectivity index (χ1) is 7.71. The maximum absolute atomic E-state index is 11.3. The van der Waals surface area contributed by atoms with Crippen molar-refractivity contribution in [3.8, 4) is 0 Å². The number of sulfone groups is 1. The molecule has 0 fully saturated rings. The van der Waals surface area contributed by atoms with Crippen molar-refractivity contribution in [1.29, 1.82) is 0 Å². The summed E-state index contributed by atoms with van der Waals surface area (Å²) < 4.78 is 22.6. The lowest BCUT2D eigenvalue weighted by molar-refractivity contribution is 0.173. The summed E-state index contributed by atoms with van der Waals surface area (Å²) >= 11 is 11.8. The molecule has 0 spiro atoms. The molecule has 0 aromatic heterocycles. The van der Waals surface area contributed by atoms with Crippen LogP contribution < -0.4 is 0 Å². The van der Waals surface area contributed by atoms with Gasteiger partial charge in [0, 0.05) is 22.7 Å². The van der Waals surface area contributed by atoms with Gasteiger partial charge in [-0.1, -0.05) is 23.2 Å². The fourth-order valence-corrected chi connectivity index (χ4v) is 2.43. The maximum atomic E-state index is 11.3. The van der Waals surface area contributed by atoms with Crippen LogP contribution in [0, 0.1) is 0 Å². The second-order valence-corrected chi connectivity index (χ2v) is 7.29. The molecule has 0 amide bonds. The topological polar surface area (TPSA) is 54.4 Å². The van der Waals surface area contributed by atoms with Crippen LogP contribution in [0.3, 0.4) is 0 Å². The number of halogens is 2. The fourth-order valence-electron chi connectivity index (χ4n) is 1.38. The Labute approximate surface area is 111 Å². The molecule has 0 heterocycles. The number of benzene rings is 1. The molecule has 0 aliphatic heterocycles. The number of aliphatic hydroxyl groups excluding tert-OH is 1. The van der Waals surface area contributed by atoms with Crippen molar-refractivity contribution in [2.45, 2.75) is 24.7 Å². The number of hydrogen-bond donors (Lipinski definition) is 1. The summed E-state index contributed by atoms with van der Waals surface area (Å²) in [6, 6.07) is 4.89. The monoisotopic (exact) mass is 296 g/mol. The highest BCUT2D eigenvalue weighted by Gasteiger charge is 2.24. The van der Waals surface area contributed by atoms with Crippen LogP contribution in [0.15, 0.2) is 18.2 Å². The Balaban J connectivity index is 2.88. The molecule has 1 aromatic rings. The van der Waals surface area contributed by atoms with E-state index in [1.54, 1.807) is 18.2 Å². The highest BCUT2D eigenvalue weighted by Crippen LogP contribution is 2.23. The minimum absolute atomic E-state index is 0.160. The number of aliphatic hydroxyl groups is 1. The van der Waals surface area contributed by atoms with E-state index in [1.807, 2.05) is 0 Å². The summed E-state index contributed by atoms with van der Waals surface area (Å²) in [5, 5.41) is 9.98. The minimum atomic E-state index is -3.27. The summed E-state index contributed by atoms with van der Waals surface area (Å²) in [4.78, 5) is 0. The van der Waals surface area contributed by atoms with Gasteiger partial charge in [-0.2, -0.15) is 0 Å². The SMILES string of the molecule is CC(C(O)Cc1cc(Cl)ccc1Cl)S(C)(=O)=O. The predicted octanol–water partition coefficient (Wildman–Crippen LogP) is 2.33. The molecule has 17 heavy (non-hydrogen) atoms. The second-order valence-electron chi connectivity index (χ2n) is 4.04. The first-order valence-corrected chi connectivity index (χ1v) is 7.73. The zero-order chi connectivity index (χ0) is 13.2. The van der Waals surface area contributed by atoms with Crippen molar-refractivity contribution in [2.75, 3.05) is 6.26 Å². The van der Waals surface area contributed by atoms with Gasteiger partial charge in [-0.05, 0) is 30.7 Å². The molecule has 0 saturated carbocycles. The van der Waals surface area contributed by atoms with E-state index in [1.165, 1.54) is 6.92 Å². The Morgan fingerprint density at radius 2 is 1.94 bits per heavy atom. The van der Waals surface area contributed by atoms with Crippen LogP contribution in [-0.2, 0) is 16.3 Å². The first kappa shape index (κ1) is 14.8. The molecular formula is C11H14Cl2O3S. The summed E-state index contributed by atoms with van der Waals surface area (Å²) in [5.41, 5.74) is 0.641. The van der Waals surface area contributed by atoms with Gasteiger partial charge < -0.3 is 5.11 Å². The maximum Gasteiger partial charge on any atom is 0.152 e. The predicted molar refractivity (Wildman–Crippen MR) is 70.5 cm³/mol. The van der Waals surface area contributed by atoms with Crippen molar-refractivity contribution >= 4 is 33.0 Å². The van der Waals surface area contributed by atoms with E-state index in [9.17, 15) is 13.5 Å². The van der Waals surface area contributed by atoms with Gasteiger partial charge in [-0.25, -0.2) is 8.42 Å². The molecule has 0 aliphatic carbocycles. The van der Waals surface area contributed by atoms with Gasteiger partial charge in [-0.15, -0.1) is 0 Å². The number of hydrogen-bond acceptors (Lipinski definition) is 3. The average molecular weight is 297 g/mol. The average Bonchev–Trinajstić information content (AvgIpc) is 2.21. The van der Waals surface area contributed by atoms with Crippen molar-refractivity contribution in [3.63, 3.8) is 0 Å². The molecule has 96 valence electrons. The van der Waals surface area contributed by atoms with Crippen LogP contribution in [0.5, 0.6) is 0 Å². The summed E-state index contributed by atoms with van der Waals surface area (Å²) in [6.45, 7) is 1.47. The highest BCUT2D eigenvalue weighted by molar-refractivity contribution is 7.91. The lowest BCUT2D eigenvalue weighted by Crippen LogP contribution is -2.32. The molecule has 0 bridgehead atoms. The summed E-state index contributed by atoms with van der Waals surface area (Å²) in [5.74, 6) is 0. The third-order valence-corrected chi connectivity index (χ3v) is 4.92. The standard InChI is InChI=1S/C11H14Cl2O3S/c1-7(17(2,15)16)11(14)6-8-5-9(12)3-4-10(8)13/h3-5,7,11,14H,6H2,1-2H3. The molecule has 2 atom stereocenters. The van der Waals surface area contributed by atoms with Crippen LogP contribution in [0.25, 0.3) is 0 Å². The molecular weight excluding hydrogens is 283 g/mol. The summed E-state index contributed by atoms with van der Waals surface area (Å²) in [7, 11) is -3.27. The molecule has 0 aliphatic rings. The fraction of sp³-hybridized carbons (Fsp3) is 0.455. The zero-order valence-electron chi connectivity index (χ0n) is 9.52. The lowest BCUT2D eigenvalue weighted by Gasteiger charge is -2.17. The van der Waals surface area contributed by atoms with E-state index < -0.39 is 21.2 Å². The Morgan fingerprint density at radius 3 is 2.47 bits per heavy atom. The van der Waals surface area contributed by atoms with E-state index in [0.29, 0.717) is 15.6 Å². The highest BCUT2D eigenvalue weighted by atomic mass is 35.5. The van der Waals surface area contributed by atoms with Gasteiger partial charge in [0.05, 0.1) is 11.4 Å². The van der Waals surface area contributed by atoms with E-state index >= 15 is 0 Å². The Kier molecular flexibility index (Phi) is 4.84. The Bertz CT molecular complexity index is 499. The largest absolute Gasteiger partial charge is 0.391 e. The molecule has 2 unspecified atom stereocenters. The molecule has 1 N–H and O–H groups in total. The van der Waals surface area contributed by atoms with Crippen molar-refractivity contribution < 1.29 is 13.5 Å². The van der Waals surface area contributed by atoms with Crippen LogP contribution in [0.1, 0.15) is 12.5 Å². The normalized spacial score (nSPS) is 15.6. The summed E-state index contributed by atoms with van der Waals surface area (Å²) in [6.07, 6.45) is 0.259. The lowest BCUT2D eigenvalue weighted by atomic mass is 10.1.